The number of aryl methyl sites for hydroxylation is 1. The predicted octanol–water partition coefficient (Wildman–Crippen LogP) is 0.480. The summed E-state index contributed by atoms with van der Waals surface area (Å²) in [4.78, 5) is 12.4. The molecule has 0 amide bonds. The molecule has 2 N–H and O–H groups in total. The van der Waals surface area contributed by atoms with Gasteiger partial charge < -0.3 is 15.0 Å². The lowest BCUT2D eigenvalue weighted by molar-refractivity contribution is 0.256. The highest BCUT2D eigenvalue weighted by atomic mass is 16.2. The summed E-state index contributed by atoms with van der Waals surface area (Å²) in [5.41, 5.74) is 2.20. The van der Waals surface area contributed by atoms with Crippen LogP contribution >= 0.6 is 0 Å². The smallest absolute Gasteiger partial charge is 0.253 e. The molecule has 3 rings (SSSR count). The average Bonchev–Trinajstić information content (AvgIpc) is 2.39. The standard InChI is InChI=1S/C14H20N2O2/c17-5-1-2-11-3-4-13-12-6-10(7-15-8-12)9-16(13)14(11)18/h3-4,10,12,15,17H,1-2,5-9H2/t10-,12+/m0/s1. The van der Waals surface area contributed by atoms with Gasteiger partial charge >= 0.3 is 0 Å². The Hall–Kier alpha value is -1.13. The fraction of sp³-hybridized carbons (Fsp3) is 0.643. The van der Waals surface area contributed by atoms with Gasteiger partial charge in [-0.25, -0.2) is 0 Å². The molecule has 1 aromatic rings. The molecule has 18 heavy (non-hydrogen) atoms. The van der Waals surface area contributed by atoms with Gasteiger partial charge in [0.15, 0.2) is 0 Å². The van der Waals surface area contributed by atoms with Crippen LogP contribution in [0.2, 0.25) is 0 Å². The molecule has 0 radical (unpaired) electrons. The van der Waals surface area contributed by atoms with E-state index in [9.17, 15) is 4.79 Å². The van der Waals surface area contributed by atoms with E-state index < -0.39 is 0 Å². The molecule has 1 fully saturated rings. The molecular formula is C14H20N2O2. The van der Waals surface area contributed by atoms with Gasteiger partial charge in [-0.1, -0.05) is 6.07 Å². The van der Waals surface area contributed by atoms with Crippen LogP contribution in [0.4, 0.5) is 0 Å². The van der Waals surface area contributed by atoms with Crippen LogP contribution in [0.3, 0.4) is 0 Å². The summed E-state index contributed by atoms with van der Waals surface area (Å²) < 4.78 is 1.98. The third kappa shape index (κ3) is 1.99. The Labute approximate surface area is 107 Å². The van der Waals surface area contributed by atoms with Crippen molar-refractivity contribution in [2.24, 2.45) is 5.92 Å². The summed E-state index contributed by atoms with van der Waals surface area (Å²) in [7, 11) is 0. The number of aromatic nitrogens is 1. The van der Waals surface area contributed by atoms with Gasteiger partial charge in [0.2, 0.25) is 0 Å². The first-order valence-electron chi connectivity index (χ1n) is 6.84. The quantitative estimate of drug-likeness (QED) is 0.818. The predicted molar refractivity (Wildman–Crippen MR) is 69.8 cm³/mol. The maximum absolute atomic E-state index is 12.4. The summed E-state index contributed by atoms with van der Waals surface area (Å²) in [5.74, 6) is 1.10. The number of nitrogens with zero attached hydrogens (tertiary/aromatic N) is 1. The number of aliphatic hydroxyl groups is 1. The van der Waals surface area contributed by atoms with Crippen molar-refractivity contribution in [3.05, 3.63) is 33.7 Å². The van der Waals surface area contributed by atoms with Crippen molar-refractivity contribution in [3.8, 4) is 0 Å². The molecule has 0 aromatic carbocycles. The first-order valence-corrected chi connectivity index (χ1v) is 6.84. The van der Waals surface area contributed by atoms with Gasteiger partial charge in [-0.15, -0.1) is 0 Å². The number of aliphatic hydroxyl groups excluding tert-OH is 1. The van der Waals surface area contributed by atoms with Crippen LogP contribution < -0.4 is 10.9 Å². The zero-order valence-electron chi connectivity index (χ0n) is 10.6. The van der Waals surface area contributed by atoms with Gasteiger partial charge in [-0.2, -0.15) is 0 Å². The molecule has 1 saturated heterocycles. The summed E-state index contributed by atoms with van der Waals surface area (Å²) in [6.07, 6.45) is 2.56. The van der Waals surface area contributed by atoms with Crippen LogP contribution in [0.1, 0.15) is 30.0 Å². The van der Waals surface area contributed by atoms with E-state index >= 15 is 0 Å². The molecule has 4 heteroatoms. The minimum atomic E-state index is 0.149. The van der Waals surface area contributed by atoms with Crippen molar-refractivity contribution in [1.29, 1.82) is 0 Å². The molecule has 1 aromatic heterocycles. The summed E-state index contributed by atoms with van der Waals surface area (Å²) in [6.45, 7) is 3.02. The minimum absolute atomic E-state index is 0.149. The Morgan fingerprint density at radius 1 is 1.39 bits per heavy atom. The van der Waals surface area contributed by atoms with Crippen molar-refractivity contribution in [1.82, 2.24) is 9.88 Å². The lowest BCUT2D eigenvalue weighted by atomic mass is 9.84. The molecule has 2 bridgehead atoms. The highest BCUT2D eigenvalue weighted by Gasteiger charge is 2.30. The molecule has 2 aliphatic heterocycles. The van der Waals surface area contributed by atoms with Crippen molar-refractivity contribution >= 4 is 0 Å². The second-order valence-electron chi connectivity index (χ2n) is 5.48. The average molecular weight is 248 g/mol. The van der Waals surface area contributed by atoms with E-state index in [1.807, 2.05) is 10.6 Å². The van der Waals surface area contributed by atoms with Crippen molar-refractivity contribution in [3.63, 3.8) is 0 Å². The van der Waals surface area contributed by atoms with E-state index in [1.54, 1.807) is 0 Å². The van der Waals surface area contributed by atoms with E-state index in [-0.39, 0.29) is 12.2 Å². The molecule has 2 atom stereocenters. The number of piperidine rings is 1. The monoisotopic (exact) mass is 248 g/mol. The number of pyridine rings is 1. The van der Waals surface area contributed by atoms with Crippen LogP contribution in [-0.4, -0.2) is 29.4 Å². The van der Waals surface area contributed by atoms with Crippen LogP contribution in [-0.2, 0) is 13.0 Å². The Morgan fingerprint density at radius 3 is 3.11 bits per heavy atom. The van der Waals surface area contributed by atoms with Gasteiger partial charge in [0.1, 0.15) is 0 Å². The van der Waals surface area contributed by atoms with E-state index in [4.69, 9.17) is 5.11 Å². The minimum Gasteiger partial charge on any atom is -0.396 e. The molecule has 2 aliphatic rings. The topological polar surface area (TPSA) is 54.3 Å². The number of rotatable bonds is 3. The Bertz CT molecular complexity index is 495. The van der Waals surface area contributed by atoms with Gasteiger partial charge in [0.25, 0.3) is 5.56 Å². The molecule has 0 saturated carbocycles. The van der Waals surface area contributed by atoms with Gasteiger partial charge in [0.05, 0.1) is 0 Å². The summed E-state index contributed by atoms with van der Waals surface area (Å²) in [6, 6.07) is 4.07. The molecule has 0 unspecified atom stereocenters. The Kier molecular flexibility index (Phi) is 3.22. The molecular weight excluding hydrogens is 228 g/mol. The second kappa shape index (κ2) is 4.86. The van der Waals surface area contributed by atoms with Crippen LogP contribution in [0.15, 0.2) is 16.9 Å². The third-order valence-electron chi connectivity index (χ3n) is 4.19. The third-order valence-corrected chi connectivity index (χ3v) is 4.19. The SMILES string of the molecule is O=c1c(CCCO)ccc2n1C[C@@H]1CNC[C@H]2C1. The number of hydrogen-bond donors (Lipinski definition) is 2. The summed E-state index contributed by atoms with van der Waals surface area (Å²) >= 11 is 0. The van der Waals surface area contributed by atoms with Crippen LogP contribution in [0.25, 0.3) is 0 Å². The fourth-order valence-corrected chi connectivity index (χ4v) is 3.30. The van der Waals surface area contributed by atoms with E-state index in [2.05, 4.69) is 11.4 Å². The maximum Gasteiger partial charge on any atom is 0.253 e. The Morgan fingerprint density at radius 2 is 2.28 bits per heavy atom. The van der Waals surface area contributed by atoms with Gasteiger partial charge in [-0.05, 0) is 37.8 Å². The molecule has 0 aliphatic carbocycles. The Balaban J connectivity index is 1.97. The number of nitrogens with one attached hydrogen (secondary N) is 1. The first-order chi connectivity index (χ1) is 8.79. The normalized spacial score (nSPS) is 25.8. The van der Waals surface area contributed by atoms with Crippen molar-refractivity contribution in [2.45, 2.75) is 31.7 Å². The zero-order valence-corrected chi connectivity index (χ0v) is 10.6. The lowest BCUT2D eigenvalue weighted by Crippen LogP contribution is -2.45. The zero-order chi connectivity index (χ0) is 12.5. The molecule has 3 heterocycles. The van der Waals surface area contributed by atoms with Crippen LogP contribution in [0.5, 0.6) is 0 Å². The van der Waals surface area contributed by atoms with Crippen LogP contribution in [0, 0.1) is 5.92 Å². The molecule has 4 nitrogen and oxygen atoms in total. The van der Waals surface area contributed by atoms with E-state index in [0.717, 1.165) is 25.2 Å². The second-order valence-corrected chi connectivity index (χ2v) is 5.48. The lowest BCUT2D eigenvalue weighted by Gasteiger charge is -2.37. The van der Waals surface area contributed by atoms with E-state index in [0.29, 0.717) is 24.7 Å². The highest BCUT2D eigenvalue weighted by molar-refractivity contribution is 5.22. The first kappa shape index (κ1) is 11.9. The number of hydrogen-bond acceptors (Lipinski definition) is 3. The van der Waals surface area contributed by atoms with Crippen molar-refractivity contribution < 1.29 is 5.11 Å². The fourth-order valence-electron chi connectivity index (χ4n) is 3.30. The van der Waals surface area contributed by atoms with Crippen molar-refractivity contribution in [2.75, 3.05) is 19.7 Å². The maximum atomic E-state index is 12.4. The molecule has 0 spiro atoms. The van der Waals surface area contributed by atoms with Gasteiger partial charge in [-0.3, -0.25) is 4.79 Å². The largest absolute Gasteiger partial charge is 0.396 e. The summed E-state index contributed by atoms with van der Waals surface area (Å²) in [5, 5.41) is 12.3. The number of fused-ring (bicyclic) bond motifs is 4. The molecule has 98 valence electrons. The van der Waals surface area contributed by atoms with E-state index in [1.165, 1.54) is 12.1 Å². The van der Waals surface area contributed by atoms with Gasteiger partial charge in [0, 0.05) is 36.9 Å². The highest BCUT2D eigenvalue weighted by Crippen LogP contribution is 2.31.